The molecule has 0 fully saturated rings. The van der Waals surface area contributed by atoms with Gasteiger partial charge in [-0.25, -0.2) is 0 Å². The van der Waals surface area contributed by atoms with Crippen LogP contribution < -0.4 is 0 Å². The zero-order valence-electron chi connectivity index (χ0n) is 8.34. The molecule has 1 aromatic carbocycles. The van der Waals surface area contributed by atoms with Gasteiger partial charge in [-0.3, -0.25) is 0 Å². The van der Waals surface area contributed by atoms with Crippen LogP contribution in [-0.2, 0) is 0 Å². The first-order chi connectivity index (χ1) is 7.54. The van der Waals surface area contributed by atoms with Crippen LogP contribution >= 0.6 is 11.8 Å². The Labute approximate surface area is 95.0 Å². The maximum atomic E-state index is 11.9. The highest BCUT2D eigenvalue weighted by Crippen LogP contribution is 2.27. The van der Waals surface area contributed by atoms with Gasteiger partial charge in [-0.05, 0) is 12.1 Å². The van der Waals surface area contributed by atoms with Crippen LogP contribution in [0.5, 0.6) is 0 Å². The van der Waals surface area contributed by atoms with E-state index < -0.39 is 12.6 Å². The van der Waals surface area contributed by atoms with Crippen LogP contribution in [0, 0.1) is 0 Å². The fourth-order valence-electron chi connectivity index (χ4n) is 1.40. The number of para-hydroxylation sites is 1. The molecule has 86 valence electrons. The van der Waals surface area contributed by atoms with Crippen LogP contribution in [0.2, 0.25) is 0 Å². The van der Waals surface area contributed by atoms with Crippen LogP contribution in [0.15, 0.2) is 35.4 Å². The summed E-state index contributed by atoms with van der Waals surface area (Å²) in [6.07, 6.45) is -4.83. The standard InChI is InChI=1S/C11H10F3NS/c12-11(13,14)5-6-16-10-7-8-3-1-2-4-9(8)15-10/h1-4,7,15H,5-6H2. The van der Waals surface area contributed by atoms with Crippen molar-refractivity contribution in [2.75, 3.05) is 5.75 Å². The Balaban J connectivity index is 2.00. The van der Waals surface area contributed by atoms with Gasteiger partial charge in [0, 0.05) is 16.7 Å². The third-order valence-electron chi connectivity index (χ3n) is 2.15. The smallest absolute Gasteiger partial charge is 0.350 e. The molecular weight excluding hydrogens is 235 g/mol. The predicted molar refractivity (Wildman–Crippen MR) is 59.7 cm³/mol. The van der Waals surface area contributed by atoms with Crippen molar-refractivity contribution in [3.63, 3.8) is 0 Å². The number of H-pyrrole nitrogens is 1. The van der Waals surface area contributed by atoms with Gasteiger partial charge in [0.1, 0.15) is 0 Å². The maximum absolute atomic E-state index is 11.9. The molecular formula is C11H10F3NS. The number of benzene rings is 1. The molecule has 0 unspecified atom stereocenters. The Morgan fingerprint density at radius 2 is 1.94 bits per heavy atom. The Kier molecular flexibility index (Phi) is 3.14. The number of thioether (sulfide) groups is 1. The third kappa shape index (κ3) is 2.95. The van der Waals surface area contributed by atoms with Crippen molar-refractivity contribution in [3.8, 4) is 0 Å². The third-order valence-corrected chi connectivity index (χ3v) is 3.09. The fraction of sp³-hybridized carbons (Fsp3) is 0.273. The molecule has 1 nitrogen and oxygen atoms in total. The molecule has 0 saturated carbocycles. The number of alkyl halides is 3. The minimum atomic E-state index is -4.07. The maximum Gasteiger partial charge on any atom is 0.389 e. The average molecular weight is 245 g/mol. The first-order valence-electron chi connectivity index (χ1n) is 4.82. The lowest BCUT2D eigenvalue weighted by Crippen LogP contribution is -2.07. The number of nitrogens with one attached hydrogen (secondary N) is 1. The average Bonchev–Trinajstić information content (AvgIpc) is 2.57. The minimum Gasteiger partial charge on any atom is -0.350 e. The van der Waals surface area contributed by atoms with Gasteiger partial charge in [-0.2, -0.15) is 13.2 Å². The van der Waals surface area contributed by atoms with Gasteiger partial charge < -0.3 is 4.98 Å². The number of hydrogen-bond acceptors (Lipinski definition) is 1. The number of aromatic amines is 1. The molecule has 2 rings (SSSR count). The first-order valence-corrected chi connectivity index (χ1v) is 5.80. The monoisotopic (exact) mass is 245 g/mol. The molecule has 1 aromatic heterocycles. The molecule has 0 radical (unpaired) electrons. The zero-order valence-corrected chi connectivity index (χ0v) is 9.16. The molecule has 0 saturated heterocycles. The summed E-state index contributed by atoms with van der Waals surface area (Å²) in [5.74, 6) is 0.0519. The van der Waals surface area contributed by atoms with E-state index in [4.69, 9.17) is 0 Å². The van der Waals surface area contributed by atoms with E-state index in [9.17, 15) is 13.2 Å². The van der Waals surface area contributed by atoms with Crippen molar-refractivity contribution in [3.05, 3.63) is 30.3 Å². The molecule has 1 heterocycles. The molecule has 0 amide bonds. The van der Waals surface area contributed by atoms with Crippen molar-refractivity contribution in [2.24, 2.45) is 0 Å². The van der Waals surface area contributed by atoms with Gasteiger partial charge in [0.25, 0.3) is 0 Å². The highest BCUT2D eigenvalue weighted by Gasteiger charge is 2.26. The van der Waals surface area contributed by atoms with Gasteiger partial charge in [0.05, 0.1) is 11.4 Å². The number of fused-ring (bicyclic) bond motifs is 1. The van der Waals surface area contributed by atoms with E-state index in [0.29, 0.717) is 0 Å². The number of rotatable bonds is 3. The van der Waals surface area contributed by atoms with Gasteiger partial charge in [-0.15, -0.1) is 11.8 Å². The number of halogens is 3. The SMILES string of the molecule is FC(F)(F)CCSc1cc2ccccc2[nH]1. The topological polar surface area (TPSA) is 15.8 Å². The second kappa shape index (κ2) is 4.41. The Morgan fingerprint density at radius 1 is 1.19 bits per heavy atom. The van der Waals surface area contributed by atoms with E-state index in [1.54, 1.807) is 0 Å². The van der Waals surface area contributed by atoms with Gasteiger partial charge in [-0.1, -0.05) is 18.2 Å². The summed E-state index contributed by atoms with van der Waals surface area (Å²) in [5, 5.41) is 1.81. The largest absolute Gasteiger partial charge is 0.389 e. The van der Waals surface area contributed by atoms with Gasteiger partial charge in [0.15, 0.2) is 0 Å². The Hall–Kier alpha value is -1.10. The highest BCUT2D eigenvalue weighted by atomic mass is 32.2. The molecule has 5 heteroatoms. The predicted octanol–water partition coefficient (Wildman–Crippen LogP) is 4.21. The van der Waals surface area contributed by atoms with Gasteiger partial charge in [0.2, 0.25) is 0 Å². The molecule has 0 atom stereocenters. The normalized spacial score (nSPS) is 12.2. The van der Waals surface area contributed by atoms with E-state index in [1.165, 1.54) is 11.8 Å². The van der Waals surface area contributed by atoms with E-state index in [0.717, 1.165) is 15.9 Å². The van der Waals surface area contributed by atoms with E-state index in [1.807, 2.05) is 30.3 Å². The van der Waals surface area contributed by atoms with Crippen LogP contribution in [0.1, 0.15) is 6.42 Å². The number of hydrogen-bond donors (Lipinski definition) is 1. The fourth-order valence-corrected chi connectivity index (χ4v) is 2.35. The molecule has 0 aliphatic rings. The Morgan fingerprint density at radius 3 is 2.62 bits per heavy atom. The van der Waals surface area contributed by atoms with Crippen LogP contribution in [-0.4, -0.2) is 16.9 Å². The summed E-state index contributed by atoms with van der Waals surface area (Å²) < 4.78 is 35.8. The van der Waals surface area contributed by atoms with Crippen molar-refractivity contribution in [1.29, 1.82) is 0 Å². The molecule has 0 spiro atoms. The summed E-state index contributed by atoms with van der Waals surface area (Å²) in [5.41, 5.74) is 0.956. The molecule has 16 heavy (non-hydrogen) atoms. The van der Waals surface area contributed by atoms with Crippen molar-refractivity contribution >= 4 is 22.7 Å². The lowest BCUT2D eigenvalue weighted by molar-refractivity contribution is -0.129. The second-order valence-electron chi connectivity index (χ2n) is 3.43. The summed E-state index contributed by atoms with van der Waals surface area (Å²) in [6.45, 7) is 0. The van der Waals surface area contributed by atoms with E-state index in [2.05, 4.69) is 4.98 Å². The van der Waals surface area contributed by atoms with Crippen LogP contribution in [0.25, 0.3) is 10.9 Å². The van der Waals surface area contributed by atoms with Gasteiger partial charge >= 0.3 is 6.18 Å². The summed E-state index contributed by atoms with van der Waals surface area (Å²) >= 11 is 1.20. The molecule has 1 N–H and O–H groups in total. The zero-order chi connectivity index (χ0) is 11.6. The minimum absolute atomic E-state index is 0.0519. The van der Waals surface area contributed by atoms with Crippen LogP contribution in [0.3, 0.4) is 0 Å². The molecule has 0 aliphatic heterocycles. The van der Waals surface area contributed by atoms with Crippen LogP contribution in [0.4, 0.5) is 13.2 Å². The van der Waals surface area contributed by atoms with Crippen molar-refractivity contribution in [2.45, 2.75) is 17.6 Å². The Bertz CT molecular complexity index is 442. The lowest BCUT2D eigenvalue weighted by Gasteiger charge is -2.03. The van der Waals surface area contributed by atoms with Crippen molar-refractivity contribution < 1.29 is 13.2 Å². The highest BCUT2D eigenvalue weighted by molar-refractivity contribution is 7.99. The lowest BCUT2D eigenvalue weighted by atomic mass is 10.3. The summed E-state index contributed by atoms with van der Waals surface area (Å²) in [4.78, 5) is 3.08. The molecule has 2 aromatic rings. The van der Waals surface area contributed by atoms with Crippen molar-refractivity contribution in [1.82, 2.24) is 4.98 Å². The summed E-state index contributed by atoms with van der Waals surface area (Å²) in [7, 11) is 0. The van der Waals surface area contributed by atoms with E-state index >= 15 is 0 Å². The first kappa shape index (κ1) is 11.4. The van der Waals surface area contributed by atoms with E-state index in [-0.39, 0.29) is 5.75 Å². The second-order valence-corrected chi connectivity index (χ2v) is 4.57. The molecule has 0 aliphatic carbocycles. The molecule has 0 bridgehead atoms. The summed E-state index contributed by atoms with van der Waals surface area (Å²) in [6, 6.07) is 9.50. The quantitative estimate of drug-likeness (QED) is 0.801. The number of aromatic nitrogens is 1.